The molecule has 0 amide bonds. The van der Waals surface area contributed by atoms with E-state index in [2.05, 4.69) is 9.97 Å². The van der Waals surface area contributed by atoms with Crippen LogP contribution in [0.3, 0.4) is 0 Å². The number of aromatic amines is 2. The second-order valence-electron chi connectivity index (χ2n) is 8.94. The average molecular weight is 496 g/mol. The van der Waals surface area contributed by atoms with Crippen LogP contribution in [0.15, 0.2) is 6.20 Å². The van der Waals surface area contributed by atoms with Gasteiger partial charge in [-0.3, -0.25) is 4.57 Å². The quantitative estimate of drug-likeness (QED) is 0.311. The monoisotopic (exact) mass is 495 g/mol. The Morgan fingerprint density at radius 3 is 1.72 bits per heavy atom. The number of hydrogen-bond acceptors (Lipinski definition) is 6. The summed E-state index contributed by atoms with van der Waals surface area (Å²) in [6, 6.07) is 0. The summed E-state index contributed by atoms with van der Waals surface area (Å²) < 4.78 is 17.4. The van der Waals surface area contributed by atoms with Crippen molar-refractivity contribution in [1.82, 2.24) is 14.5 Å². The van der Waals surface area contributed by atoms with Gasteiger partial charge in [-0.05, 0) is 74.9 Å². The van der Waals surface area contributed by atoms with Gasteiger partial charge in [0.15, 0.2) is 0 Å². The van der Waals surface area contributed by atoms with Crippen LogP contribution in [-0.2, 0) is 33.5 Å². The smallest absolute Gasteiger partial charge is 0.418 e. The summed E-state index contributed by atoms with van der Waals surface area (Å²) in [6.07, 6.45) is 2.77. The maximum atomic E-state index is 12.9. The molecule has 9 heteroatoms. The largest absolute Gasteiger partial charge is 0.461 e. The molecule has 0 atom stereocenters. The molecule has 36 heavy (non-hydrogen) atoms. The fourth-order valence-electron chi connectivity index (χ4n) is 5.02. The zero-order valence-corrected chi connectivity index (χ0v) is 21.7. The molecular weight excluding hydrogens is 462 g/mol. The number of carbonyl (C=O) groups is 3. The number of aromatic nitrogens is 3. The van der Waals surface area contributed by atoms with E-state index in [1.165, 1.54) is 0 Å². The van der Waals surface area contributed by atoms with Crippen molar-refractivity contribution in [2.45, 2.75) is 60.8 Å². The highest BCUT2D eigenvalue weighted by molar-refractivity contribution is 5.91. The number of ether oxygens (including phenoxy) is 3. The van der Waals surface area contributed by atoms with Crippen molar-refractivity contribution >= 4 is 18.0 Å². The van der Waals surface area contributed by atoms with E-state index in [9.17, 15) is 14.4 Å². The summed E-state index contributed by atoms with van der Waals surface area (Å²) in [4.78, 5) is 44.9. The number of nitrogens with one attached hydrogen (secondary N) is 2. The maximum Gasteiger partial charge on any atom is 0.418 e. The molecule has 9 nitrogen and oxygen atoms in total. The maximum absolute atomic E-state index is 12.9. The third kappa shape index (κ3) is 4.34. The third-order valence-electron chi connectivity index (χ3n) is 6.85. The lowest BCUT2D eigenvalue weighted by Crippen LogP contribution is -2.16. The predicted molar refractivity (Wildman–Crippen MR) is 133 cm³/mol. The van der Waals surface area contributed by atoms with Gasteiger partial charge in [0.1, 0.15) is 11.4 Å². The van der Waals surface area contributed by atoms with Crippen LogP contribution in [0.5, 0.6) is 0 Å². The number of rotatable bonds is 5. The molecule has 0 fully saturated rings. The lowest BCUT2D eigenvalue weighted by Gasteiger charge is -2.11. The highest BCUT2D eigenvalue weighted by atomic mass is 16.5. The van der Waals surface area contributed by atoms with Crippen LogP contribution >= 0.6 is 0 Å². The lowest BCUT2D eigenvalue weighted by atomic mass is 9.99. The van der Waals surface area contributed by atoms with Gasteiger partial charge in [-0.1, -0.05) is 0 Å². The number of fused-ring (bicyclic) bond motifs is 3. The van der Waals surface area contributed by atoms with Gasteiger partial charge in [0.05, 0.1) is 19.8 Å². The first kappa shape index (κ1) is 25.3. The molecule has 0 aliphatic heterocycles. The summed E-state index contributed by atoms with van der Waals surface area (Å²) in [5, 5.41) is 0. The summed E-state index contributed by atoms with van der Waals surface area (Å²) in [5.41, 5.74) is 8.73. The number of carbonyl (C=O) groups excluding carboxylic acids is 3. The standard InChI is InChI=1S/C27H33N3O6/c1-7-34-25(31)23-15(5)18-11-21-19(16(6)24(29-21)26(32)35-8-2)12-22-17(10-20(18)28-23)14(4)13-30(22)27(33)36-9-3/h13,28-29H,7-12H2,1-6H3. The Labute approximate surface area is 210 Å². The molecule has 4 rings (SSSR count). The van der Waals surface area contributed by atoms with Crippen molar-refractivity contribution < 1.29 is 28.6 Å². The highest BCUT2D eigenvalue weighted by Gasteiger charge is 2.30. The normalized spacial score (nSPS) is 12.5. The van der Waals surface area contributed by atoms with Gasteiger partial charge in [-0.25, -0.2) is 14.4 Å². The molecule has 3 heterocycles. The minimum atomic E-state index is -0.448. The molecule has 192 valence electrons. The highest BCUT2D eigenvalue weighted by Crippen LogP contribution is 2.34. The molecule has 0 saturated carbocycles. The Morgan fingerprint density at radius 2 is 1.22 bits per heavy atom. The van der Waals surface area contributed by atoms with Gasteiger partial charge in [0, 0.05) is 42.5 Å². The third-order valence-corrected chi connectivity index (χ3v) is 6.85. The van der Waals surface area contributed by atoms with Gasteiger partial charge in [0.25, 0.3) is 0 Å². The van der Waals surface area contributed by atoms with Crippen molar-refractivity contribution in [3.63, 3.8) is 0 Å². The minimum absolute atomic E-state index is 0.259. The van der Waals surface area contributed by atoms with Crippen LogP contribution in [0.4, 0.5) is 4.79 Å². The van der Waals surface area contributed by atoms with Crippen LogP contribution in [-0.4, -0.2) is 52.4 Å². The van der Waals surface area contributed by atoms with Crippen LogP contribution in [0.2, 0.25) is 0 Å². The van der Waals surface area contributed by atoms with E-state index in [1.807, 2.05) is 20.8 Å². The average Bonchev–Trinajstić information content (AvgIpc) is 3.43. The zero-order chi connectivity index (χ0) is 26.1. The topological polar surface area (TPSA) is 115 Å². The number of hydrogen-bond donors (Lipinski definition) is 2. The SMILES string of the molecule is CCOC(=O)c1[nH]c2c(c1C)Cc1[nH]c(C(=O)OCC)c(C)c1Cc1c(c(C)cn1C(=O)OCC)C2. The van der Waals surface area contributed by atoms with Crippen LogP contribution < -0.4 is 0 Å². The lowest BCUT2D eigenvalue weighted by molar-refractivity contribution is 0.0510. The first-order valence-electron chi connectivity index (χ1n) is 12.3. The van der Waals surface area contributed by atoms with E-state index < -0.39 is 18.0 Å². The second-order valence-corrected chi connectivity index (χ2v) is 8.94. The molecule has 0 spiro atoms. The Hall–Kier alpha value is -3.75. The van der Waals surface area contributed by atoms with Crippen LogP contribution in [0, 0.1) is 20.8 Å². The molecule has 2 N–H and O–H groups in total. The van der Waals surface area contributed by atoms with Gasteiger partial charge >= 0.3 is 18.0 Å². The number of H-pyrrole nitrogens is 2. The molecular formula is C27H33N3O6. The van der Waals surface area contributed by atoms with E-state index in [0.29, 0.717) is 30.7 Å². The van der Waals surface area contributed by atoms with E-state index in [4.69, 9.17) is 14.2 Å². The van der Waals surface area contributed by atoms with E-state index in [-0.39, 0.29) is 19.8 Å². The van der Waals surface area contributed by atoms with Crippen molar-refractivity contribution in [2.75, 3.05) is 19.8 Å². The Morgan fingerprint density at radius 1 is 0.750 bits per heavy atom. The molecule has 0 unspecified atom stereocenters. The molecule has 3 aromatic heterocycles. The Bertz CT molecular complexity index is 1340. The molecule has 0 radical (unpaired) electrons. The van der Waals surface area contributed by atoms with Gasteiger partial charge in [-0.2, -0.15) is 0 Å². The molecule has 0 bridgehead atoms. The Balaban J connectivity index is 1.96. The summed E-state index contributed by atoms with van der Waals surface area (Å²) >= 11 is 0. The van der Waals surface area contributed by atoms with Crippen LogP contribution in [0.25, 0.3) is 0 Å². The predicted octanol–water partition coefficient (Wildman–Crippen LogP) is 4.51. The van der Waals surface area contributed by atoms with E-state index in [0.717, 1.165) is 50.5 Å². The van der Waals surface area contributed by atoms with Gasteiger partial charge < -0.3 is 24.2 Å². The van der Waals surface area contributed by atoms with Gasteiger partial charge in [-0.15, -0.1) is 0 Å². The fraction of sp³-hybridized carbons (Fsp3) is 0.444. The molecule has 0 aromatic carbocycles. The Kier molecular flexibility index (Phi) is 7.10. The number of aryl methyl sites for hydroxylation is 1. The second kappa shape index (κ2) is 10.1. The van der Waals surface area contributed by atoms with Crippen molar-refractivity contribution in [1.29, 1.82) is 0 Å². The van der Waals surface area contributed by atoms with Crippen LogP contribution in [0.1, 0.15) is 92.2 Å². The first-order valence-corrected chi connectivity index (χ1v) is 12.3. The number of esters is 2. The van der Waals surface area contributed by atoms with E-state index >= 15 is 0 Å². The van der Waals surface area contributed by atoms with Crippen molar-refractivity contribution in [2.24, 2.45) is 0 Å². The number of nitrogens with zero attached hydrogens (tertiary/aromatic N) is 1. The summed E-state index contributed by atoms with van der Waals surface area (Å²) in [6.45, 7) is 11.9. The molecule has 0 saturated heterocycles. The molecule has 1 aliphatic rings. The molecule has 1 aliphatic carbocycles. The first-order chi connectivity index (χ1) is 17.2. The summed E-state index contributed by atoms with van der Waals surface area (Å²) in [7, 11) is 0. The zero-order valence-electron chi connectivity index (χ0n) is 21.7. The van der Waals surface area contributed by atoms with Gasteiger partial charge in [0.2, 0.25) is 0 Å². The van der Waals surface area contributed by atoms with E-state index in [1.54, 1.807) is 31.5 Å². The minimum Gasteiger partial charge on any atom is -0.461 e. The van der Waals surface area contributed by atoms with Crippen molar-refractivity contribution in [3.05, 3.63) is 68.0 Å². The fourth-order valence-corrected chi connectivity index (χ4v) is 5.02. The molecule has 3 aromatic rings. The van der Waals surface area contributed by atoms with Crippen molar-refractivity contribution in [3.8, 4) is 0 Å². The summed E-state index contributed by atoms with van der Waals surface area (Å²) in [5.74, 6) is -0.828.